The first-order valence-electron chi connectivity index (χ1n) is 9.54. The zero-order valence-electron chi connectivity index (χ0n) is 16.4. The van der Waals surface area contributed by atoms with Crippen LogP contribution < -0.4 is 5.32 Å². The molecule has 0 unspecified atom stereocenters. The number of hydrogen-bond acceptors (Lipinski definition) is 7. The zero-order chi connectivity index (χ0) is 21.3. The molecule has 2 fully saturated rings. The Hall–Kier alpha value is -2.98. The lowest BCUT2D eigenvalue weighted by Crippen LogP contribution is -2.41. The van der Waals surface area contributed by atoms with Gasteiger partial charge in [-0.2, -0.15) is 0 Å². The number of carbonyl (C=O) groups excluding carboxylic acids is 4. The lowest BCUT2D eigenvalue weighted by molar-refractivity contribution is -0.134. The Balaban J connectivity index is 1.40. The summed E-state index contributed by atoms with van der Waals surface area (Å²) in [4.78, 5) is 54.0. The van der Waals surface area contributed by atoms with Crippen molar-refractivity contribution in [2.24, 2.45) is 0 Å². The Kier molecular flexibility index (Phi) is 5.44. The van der Waals surface area contributed by atoms with Gasteiger partial charge in [0.25, 0.3) is 5.91 Å². The van der Waals surface area contributed by atoms with Gasteiger partial charge in [-0.05, 0) is 31.2 Å². The van der Waals surface area contributed by atoms with Crippen molar-refractivity contribution in [3.63, 3.8) is 0 Å². The molecule has 4 heterocycles. The van der Waals surface area contributed by atoms with Crippen LogP contribution in [-0.2, 0) is 26.3 Å². The highest BCUT2D eigenvalue weighted by atomic mass is 32.1. The Labute approximate surface area is 176 Å². The van der Waals surface area contributed by atoms with Crippen LogP contribution in [0.5, 0.6) is 0 Å². The van der Waals surface area contributed by atoms with Crippen molar-refractivity contribution < 1.29 is 28.3 Å². The highest BCUT2D eigenvalue weighted by Gasteiger charge is 2.51. The van der Waals surface area contributed by atoms with Gasteiger partial charge in [0.15, 0.2) is 11.3 Å². The molecule has 1 atom stereocenters. The number of ether oxygens (including phenoxy) is 1. The molecule has 9 nitrogen and oxygen atoms in total. The molecular formula is C20H21N3O6S. The van der Waals surface area contributed by atoms with E-state index < -0.39 is 17.5 Å². The highest BCUT2D eigenvalue weighted by molar-refractivity contribution is 7.14. The van der Waals surface area contributed by atoms with E-state index in [-0.39, 0.29) is 24.7 Å². The first kappa shape index (κ1) is 20.3. The van der Waals surface area contributed by atoms with Gasteiger partial charge in [0.1, 0.15) is 5.76 Å². The highest BCUT2D eigenvalue weighted by Crippen LogP contribution is 2.29. The van der Waals surface area contributed by atoms with Gasteiger partial charge in [0, 0.05) is 18.0 Å². The maximum absolute atomic E-state index is 12.8. The maximum atomic E-state index is 12.8. The average molecular weight is 431 g/mol. The molecule has 0 radical (unpaired) electrons. The molecule has 2 aromatic heterocycles. The van der Waals surface area contributed by atoms with Crippen molar-refractivity contribution in [2.75, 3.05) is 32.8 Å². The van der Waals surface area contributed by atoms with E-state index in [1.54, 1.807) is 29.2 Å². The molecule has 158 valence electrons. The van der Waals surface area contributed by atoms with E-state index in [1.165, 1.54) is 24.5 Å². The monoisotopic (exact) mass is 431 g/mol. The number of urea groups is 1. The Bertz CT molecular complexity index is 979. The fourth-order valence-corrected chi connectivity index (χ4v) is 4.42. The number of ketones is 1. The molecule has 0 saturated carbocycles. The Morgan fingerprint density at radius 3 is 2.67 bits per heavy atom. The molecule has 1 N–H and O–H groups in total. The van der Waals surface area contributed by atoms with E-state index in [4.69, 9.17) is 9.15 Å². The second kappa shape index (κ2) is 8.04. The van der Waals surface area contributed by atoms with Crippen molar-refractivity contribution in [2.45, 2.75) is 18.9 Å². The largest absolute Gasteiger partial charge is 0.466 e. The molecule has 2 aromatic rings. The summed E-state index contributed by atoms with van der Waals surface area (Å²) in [5, 5.41) is 2.59. The van der Waals surface area contributed by atoms with E-state index in [0.717, 1.165) is 9.78 Å². The van der Waals surface area contributed by atoms with Crippen molar-refractivity contribution in [3.8, 4) is 0 Å². The van der Waals surface area contributed by atoms with E-state index in [2.05, 4.69) is 5.32 Å². The fourth-order valence-electron chi connectivity index (χ4n) is 3.49. The molecule has 2 saturated heterocycles. The minimum absolute atomic E-state index is 0.0116. The summed E-state index contributed by atoms with van der Waals surface area (Å²) in [5.74, 6) is -0.620. The normalized spacial score (nSPS) is 21.8. The molecule has 10 heteroatoms. The number of furan rings is 1. The number of nitrogens with one attached hydrogen (secondary N) is 1. The third-order valence-corrected chi connectivity index (χ3v) is 6.34. The zero-order valence-corrected chi connectivity index (χ0v) is 17.2. The summed E-state index contributed by atoms with van der Waals surface area (Å²) in [6, 6.07) is 5.93. The van der Waals surface area contributed by atoms with Crippen LogP contribution in [0.1, 0.15) is 27.2 Å². The lowest BCUT2D eigenvalue weighted by Gasteiger charge is -2.26. The number of amides is 4. The molecule has 4 amide bonds. The van der Waals surface area contributed by atoms with Gasteiger partial charge in [-0.3, -0.25) is 19.3 Å². The summed E-state index contributed by atoms with van der Waals surface area (Å²) in [5.41, 5.74) is -1.34. The van der Waals surface area contributed by atoms with Crippen molar-refractivity contribution in [1.29, 1.82) is 0 Å². The summed E-state index contributed by atoms with van der Waals surface area (Å²) < 4.78 is 10.5. The number of carbonyl (C=O) groups is 4. The second-order valence-electron chi connectivity index (χ2n) is 7.28. The number of thiophene rings is 1. The van der Waals surface area contributed by atoms with Gasteiger partial charge in [-0.25, -0.2) is 4.79 Å². The summed E-state index contributed by atoms with van der Waals surface area (Å²) in [6.45, 7) is 3.36. The van der Waals surface area contributed by atoms with Crippen molar-refractivity contribution >= 4 is 35.0 Å². The molecule has 2 aliphatic rings. The summed E-state index contributed by atoms with van der Waals surface area (Å²) in [7, 11) is 0. The van der Waals surface area contributed by atoms with Crippen LogP contribution in [-0.4, -0.2) is 66.3 Å². The van der Waals surface area contributed by atoms with Crippen molar-refractivity contribution in [1.82, 2.24) is 15.1 Å². The van der Waals surface area contributed by atoms with Crippen LogP contribution >= 0.6 is 11.3 Å². The molecule has 2 aliphatic heterocycles. The predicted octanol–water partition coefficient (Wildman–Crippen LogP) is 1.39. The molecule has 0 spiro atoms. The smallest absolute Gasteiger partial charge is 0.325 e. The Morgan fingerprint density at radius 1 is 1.20 bits per heavy atom. The minimum atomic E-state index is -1.34. The first-order valence-corrected chi connectivity index (χ1v) is 10.4. The average Bonchev–Trinajstić information content (AvgIpc) is 3.47. The SMILES string of the molecule is C[C@@]1(c2ccco2)NC(=O)N(CC(=O)c2ccc(CC(=O)N3CCOCC3)s2)C1=O. The van der Waals surface area contributed by atoms with Crippen molar-refractivity contribution in [3.05, 3.63) is 46.0 Å². The molecule has 0 aliphatic carbocycles. The van der Waals surface area contributed by atoms with Crippen LogP contribution in [0.4, 0.5) is 4.79 Å². The first-order chi connectivity index (χ1) is 14.4. The molecule has 0 aromatic carbocycles. The molecule has 0 bridgehead atoms. The molecular weight excluding hydrogens is 410 g/mol. The van der Waals surface area contributed by atoms with Gasteiger partial charge < -0.3 is 19.4 Å². The molecule has 4 rings (SSSR count). The number of hydrogen-bond donors (Lipinski definition) is 1. The van der Waals surface area contributed by atoms with Gasteiger partial charge >= 0.3 is 6.03 Å². The third kappa shape index (κ3) is 3.75. The molecule has 30 heavy (non-hydrogen) atoms. The topological polar surface area (TPSA) is 109 Å². The van der Waals surface area contributed by atoms with E-state index >= 15 is 0 Å². The second-order valence-corrected chi connectivity index (χ2v) is 8.45. The van der Waals surface area contributed by atoms with Crippen LogP contribution in [0, 0.1) is 0 Å². The van der Waals surface area contributed by atoms with E-state index in [1.807, 2.05) is 0 Å². The minimum Gasteiger partial charge on any atom is -0.466 e. The van der Waals surface area contributed by atoms with Crippen LogP contribution in [0.15, 0.2) is 34.9 Å². The van der Waals surface area contributed by atoms with E-state index in [0.29, 0.717) is 36.9 Å². The number of Topliss-reactive ketones (excluding diaryl/α,β-unsaturated/α-hetero) is 1. The van der Waals surface area contributed by atoms with Gasteiger partial charge in [0.05, 0.1) is 37.3 Å². The van der Waals surface area contributed by atoms with Crippen LogP contribution in [0.25, 0.3) is 0 Å². The van der Waals surface area contributed by atoms with Gasteiger partial charge in [0.2, 0.25) is 5.91 Å². The number of rotatable bonds is 6. The van der Waals surface area contributed by atoms with Crippen LogP contribution in [0.2, 0.25) is 0 Å². The third-order valence-electron chi connectivity index (χ3n) is 5.22. The quantitative estimate of drug-likeness (QED) is 0.547. The fraction of sp³-hybridized carbons (Fsp3) is 0.400. The lowest BCUT2D eigenvalue weighted by atomic mass is 9.99. The van der Waals surface area contributed by atoms with Crippen LogP contribution in [0.3, 0.4) is 0 Å². The predicted molar refractivity (Wildman–Crippen MR) is 106 cm³/mol. The number of nitrogens with zero attached hydrogens (tertiary/aromatic N) is 2. The summed E-state index contributed by atoms with van der Waals surface area (Å²) in [6.07, 6.45) is 1.62. The summed E-state index contributed by atoms with van der Waals surface area (Å²) >= 11 is 1.20. The number of morpholine rings is 1. The number of imide groups is 1. The Morgan fingerprint density at radius 2 is 1.97 bits per heavy atom. The van der Waals surface area contributed by atoms with Gasteiger partial charge in [-0.1, -0.05) is 0 Å². The van der Waals surface area contributed by atoms with Gasteiger partial charge in [-0.15, -0.1) is 11.3 Å². The maximum Gasteiger partial charge on any atom is 0.325 e. The standard InChI is InChI=1S/C20H21N3O6S/c1-20(16-3-2-8-29-16)18(26)23(19(27)21-20)12-14(24)15-5-4-13(30-15)11-17(25)22-6-9-28-10-7-22/h2-5,8H,6-7,9-12H2,1H3,(H,21,27)/t20-/m0/s1. The van der Waals surface area contributed by atoms with E-state index in [9.17, 15) is 19.2 Å².